The highest BCUT2D eigenvalue weighted by Crippen LogP contribution is 2.42. The van der Waals surface area contributed by atoms with Gasteiger partial charge < -0.3 is 20.5 Å². The van der Waals surface area contributed by atoms with Crippen molar-refractivity contribution in [2.24, 2.45) is 14.1 Å². The van der Waals surface area contributed by atoms with Crippen molar-refractivity contribution in [2.75, 3.05) is 10.6 Å². The number of carbonyl (C=O) groups is 2. The lowest BCUT2D eigenvalue weighted by atomic mass is 9.98. The Morgan fingerprint density at radius 1 is 1.10 bits per heavy atom. The van der Waals surface area contributed by atoms with Crippen molar-refractivity contribution in [1.29, 1.82) is 0 Å². The van der Waals surface area contributed by atoms with Crippen molar-refractivity contribution in [1.82, 2.24) is 29.5 Å². The smallest absolute Gasteiger partial charge is 0.338 e. The Kier molecular flexibility index (Phi) is 5.71. The van der Waals surface area contributed by atoms with Crippen molar-refractivity contribution in [3.05, 3.63) is 60.7 Å². The molecular formula is C27H24N8O4. The van der Waals surface area contributed by atoms with Crippen LogP contribution >= 0.6 is 0 Å². The van der Waals surface area contributed by atoms with E-state index in [1.54, 1.807) is 16.9 Å². The van der Waals surface area contributed by atoms with Gasteiger partial charge in [0.05, 0.1) is 28.7 Å². The zero-order chi connectivity index (χ0) is 27.3. The molecule has 0 aliphatic carbocycles. The molecule has 0 radical (unpaired) electrons. The standard InChI is InChI=1S/C27H24N8O4/c1-14-6-23(36)32-21-9-18(39-27-28-10-16(11-29-27)26(37)38)8-19(25(21)31-14)15-4-5-22-20(7-15)24(33-35(22)3)17-12-30-34(2)13-17/h4-5,7-14,31H,6H2,1-3H3,(H,32,36)(H,37,38). The Morgan fingerprint density at radius 2 is 1.90 bits per heavy atom. The third-order valence-electron chi connectivity index (χ3n) is 6.49. The minimum absolute atomic E-state index is 0.0197. The van der Waals surface area contributed by atoms with Crippen LogP contribution in [0.15, 0.2) is 55.1 Å². The number of carbonyl (C=O) groups excluding carboxylic acids is 1. The highest BCUT2D eigenvalue weighted by atomic mass is 16.5. The predicted molar refractivity (Wildman–Crippen MR) is 144 cm³/mol. The average molecular weight is 525 g/mol. The number of amides is 1. The molecule has 0 saturated carbocycles. The molecule has 3 N–H and O–H groups in total. The molecule has 6 rings (SSSR count). The second-order valence-electron chi connectivity index (χ2n) is 9.46. The summed E-state index contributed by atoms with van der Waals surface area (Å²) in [6.45, 7) is 1.95. The van der Waals surface area contributed by atoms with E-state index in [0.29, 0.717) is 17.9 Å². The van der Waals surface area contributed by atoms with Gasteiger partial charge in [0.15, 0.2) is 0 Å². The lowest BCUT2D eigenvalue weighted by Gasteiger charge is -2.18. The molecule has 3 aromatic heterocycles. The molecule has 1 aliphatic rings. The van der Waals surface area contributed by atoms with E-state index in [1.807, 2.05) is 50.1 Å². The number of benzene rings is 2. The van der Waals surface area contributed by atoms with Gasteiger partial charge in [0.25, 0.3) is 0 Å². The van der Waals surface area contributed by atoms with E-state index >= 15 is 0 Å². The molecule has 5 aromatic rings. The third-order valence-corrected chi connectivity index (χ3v) is 6.49. The molecule has 1 amide bonds. The van der Waals surface area contributed by atoms with Crippen LogP contribution in [0.4, 0.5) is 11.4 Å². The molecule has 39 heavy (non-hydrogen) atoms. The first-order chi connectivity index (χ1) is 18.7. The lowest BCUT2D eigenvalue weighted by Crippen LogP contribution is -2.19. The second-order valence-corrected chi connectivity index (χ2v) is 9.46. The maximum Gasteiger partial charge on any atom is 0.338 e. The number of carboxylic acid groups (broad SMARTS) is 1. The van der Waals surface area contributed by atoms with Gasteiger partial charge in [0, 0.05) is 67.7 Å². The number of fused-ring (bicyclic) bond motifs is 2. The highest BCUT2D eigenvalue weighted by Gasteiger charge is 2.23. The minimum atomic E-state index is -1.13. The average Bonchev–Trinajstić information content (AvgIpc) is 3.43. The fourth-order valence-electron chi connectivity index (χ4n) is 4.71. The number of rotatable bonds is 5. The first kappa shape index (κ1) is 24.1. The number of anilines is 2. The van der Waals surface area contributed by atoms with Crippen LogP contribution in [-0.2, 0) is 18.9 Å². The first-order valence-electron chi connectivity index (χ1n) is 12.2. The highest BCUT2D eigenvalue weighted by molar-refractivity contribution is 6.03. The molecule has 196 valence electrons. The van der Waals surface area contributed by atoms with Gasteiger partial charge >= 0.3 is 12.0 Å². The number of carboxylic acids is 1. The first-order valence-corrected chi connectivity index (χ1v) is 12.2. The molecular weight excluding hydrogens is 500 g/mol. The number of nitrogens with zero attached hydrogens (tertiary/aromatic N) is 6. The van der Waals surface area contributed by atoms with Crippen LogP contribution in [0.5, 0.6) is 11.8 Å². The monoisotopic (exact) mass is 524 g/mol. The van der Waals surface area contributed by atoms with Gasteiger partial charge in [-0.1, -0.05) is 6.07 Å². The molecule has 12 heteroatoms. The zero-order valence-electron chi connectivity index (χ0n) is 21.3. The third kappa shape index (κ3) is 4.52. The van der Waals surface area contributed by atoms with E-state index in [4.69, 9.17) is 14.9 Å². The number of aryl methyl sites for hydroxylation is 2. The predicted octanol–water partition coefficient (Wildman–Crippen LogP) is 4.06. The molecule has 2 aromatic carbocycles. The summed E-state index contributed by atoms with van der Waals surface area (Å²) in [4.78, 5) is 31.7. The van der Waals surface area contributed by atoms with E-state index < -0.39 is 5.97 Å². The fraction of sp³-hybridized carbons (Fsp3) is 0.185. The van der Waals surface area contributed by atoms with Gasteiger partial charge in [0.1, 0.15) is 11.4 Å². The van der Waals surface area contributed by atoms with Crippen LogP contribution in [0.2, 0.25) is 0 Å². The number of aromatic carboxylic acids is 1. The van der Waals surface area contributed by atoms with E-state index in [9.17, 15) is 9.59 Å². The summed E-state index contributed by atoms with van der Waals surface area (Å²) in [6, 6.07) is 9.47. The Balaban J connectivity index is 1.49. The Hall–Kier alpha value is -5.26. The molecule has 12 nitrogen and oxygen atoms in total. The van der Waals surface area contributed by atoms with Crippen LogP contribution in [0, 0.1) is 0 Å². The van der Waals surface area contributed by atoms with Crippen LogP contribution in [0.3, 0.4) is 0 Å². The SMILES string of the molecule is CC1CC(=O)Nc2cc(Oc3ncc(C(=O)O)cn3)cc(-c3ccc4c(c3)c(-c3cnn(C)c3)nn4C)c2N1. The molecule has 0 bridgehead atoms. The topological polar surface area (TPSA) is 149 Å². The molecule has 1 unspecified atom stereocenters. The molecule has 0 saturated heterocycles. The quantitative estimate of drug-likeness (QED) is 0.309. The summed E-state index contributed by atoms with van der Waals surface area (Å²) in [7, 11) is 3.76. The van der Waals surface area contributed by atoms with E-state index in [1.165, 1.54) is 12.4 Å². The second kappa shape index (κ2) is 9.24. The summed E-state index contributed by atoms with van der Waals surface area (Å²) in [5.74, 6) is -0.879. The van der Waals surface area contributed by atoms with E-state index in [2.05, 4.69) is 31.8 Å². The van der Waals surface area contributed by atoms with Gasteiger partial charge in [-0.15, -0.1) is 0 Å². The maximum absolute atomic E-state index is 12.6. The number of hydrogen-bond acceptors (Lipinski definition) is 8. The van der Waals surface area contributed by atoms with Crippen molar-refractivity contribution in [3.8, 4) is 34.1 Å². The van der Waals surface area contributed by atoms with Crippen molar-refractivity contribution in [3.63, 3.8) is 0 Å². The zero-order valence-corrected chi connectivity index (χ0v) is 21.3. The van der Waals surface area contributed by atoms with Crippen LogP contribution in [-0.4, -0.2) is 52.6 Å². The van der Waals surface area contributed by atoms with E-state index in [-0.39, 0.29) is 23.5 Å². The number of ether oxygens (including phenoxy) is 1. The molecule has 1 atom stereocenters. The lowest BCUT2D eigenvalue weighted by molar-refractivity contribution is -0.116. The molecule has 0 spiro atoms. The maximum atomic E-state index is 12.6. The summed E-state index contributed by atoms with van der Waals surface area (Å²) in [6.07, 6.45) is 6.36. The Bertz CT molecular complexity index is 1760. The fourth-order valence-corrected chi connectivity index (χ4v) is 4.71. The van der Waals surface area contributed by atoms with Gasteiger partial charge in [-0.05, 0) is 30.7 Å². The van der Waals surface area contributed by atoms with Crippen molar-refractivity contribution >= 4 is 34.2 Å². The number of aromatic nitrogens is 6. The van der Waals surface area contributed by atoms with Crippen LogP contribution in [0.25, 0.3) is 33.3 Å². The number of hydrogen-bond donors (Lipinski definition) is 3. The van der Waals surface area contributed by atoms with Gasteiger partial charge in [-0.3, -0.25) is 14.2 Å². The molecule has 1 aliphatic heterocycles. The van der Waals surface area contributed by atoms with Gasteiger partial charge in [-0.25, -0.2) is 14.8 Å². The van der Waals surface area contributed by atoms with Crippen LogP contribution < -0.4 is 15.4 Å². The molecule has 4 heterocycles. The van der Waals surface area contributed by atoms with Crippen molar-refractivity contribution in [2.45, 2.75) is 19.4 Å². The Labute approximate surface area is 222 Å². The van der Waals surface area contributed by atoms with Gasteiger partial charge in [0.2, 0.25) is 5.91 Å². The molecule has 0 fully saturated rings. The normalized spacial score (nSPS) is 14.8. The Morgan fingerprint density at radius 3 is 2.62 bits per heavy atom. The van der Waals surface area contributed by atoms with Crippen molar-refractivity contribution < 1.29 is 19.4 Å². The minimum Gasteiger partial charge on any atom is -0.478 e. The van der Waals surface area contributed by atoms with Crippen LogP contribution in [0.1, 0.15) is 23.7 Å². The number of nitrogens with one attached hydrogen (secondary N) is 2. The summed E-state index contributed by atoms with van der Waals surface area (Å²) in [5.41, 5.74) is 5.59. The largest absolute Gasteiger partial charge is 0.478 e. The van der Waals surface area contributed by atoms with Gasteiger partial charge in [-0.2, -0.15) is 10.2 Å². The van der Waals surface area contributed by atoms with E-state index in [0.717, 1.165) is 39.0 Å². The summed E-state index contributed by atoms with van der Waals surface area (Å²) in [5, 5.41) is 25.5. The summed E-state index contributed by atoms with van der Waals surface area (Å²) < 4.78 is 9.48. The summed E-state index contributed by atoms with van der Waals surface area (Å²) >= 11 is 0.